The molecule has 1 aromatic heterocycles. The first-order valence-electron chi connectivity index (χ1n) is 10.2. The summed E-state index contributed by atoms with van der Waals surface area (Å²) >= 11 is 0. The summed E-state index contributed by atoms with van der Waals surface area (Å²) in [5.74, 6) is -0.247. The Labute approximate surface area is 180 Å². The van der Waals surface area contributed by atoms with E-state index >= 15 is 0 Å². The fourth-order valence-corrected chi connectivity index (χ4v) is 3.35. The molecule has 2 amide bonds. The molecule has 4 rings (SSSR count). The van der Waals surface area contributed by atoms with Crippen molar-refractivity contribution in [2.45, 2.75) is 6.54 Å². The lowest BCUT2D eigenvalue weighted by Gasteiger charge is -2.25. The molecule has 0 bridgehead atoms. The monoisotopic (exact) mass is 419 g/mol. The van der Waals surface area contributed by atoms with Gasteiger partial charge in [-0.3, -0.25) is 19.2 Å². The average molecular weight is 419 g/mol. The third-order valence-electron chi connectivity index (χ3n) is 5.02. The maximum Gasteiger partial charge on any atom is 0.255 e. The first-order chi connectivity index (χ1) is 15.2. The quantitative estimate of drug-likeness (QED) is 0.614. The number of ether oxygens (including phenoxy) is 1. The molecule has 0 saturated carbocycles. The van der Waals surface area contributed by atoms with E-state index in [1.54, 1.807) is 42.6 Å². The predicted octanol–water partition coefficient (Wildman–Crippen LogP) is 2.45. The smallest absolute Gasteiger partial charge is 0.255 e. The van der Waals surface area contributed by atoms with E-state index in [4.69, 9.17) is 4.74 Å². The lowest BCUT2D eigenvalue weighted by atomic mass is 10.1. The molecule has 1 fully saturated rings. The summed E-state index contributed by atoms with van der Waals surface area (Å²) in [6.45, 7) is 3.86. The van der Waals surface area contributed by atoms with Crippen LogP contribution in [0.25, 0.3) is 0 Å². The zero-order chi connectivity index (χ0) is 21.5. The van der Waals surface area contributed by atoms with Gasteiger partial charge in [0.1, 0.15) is 0 Å². The van der Waals surface area contributed by atoms with Gasteiger partial charge in [-0.05, 0) is 48.0 Å². The molecule has 1 aliphatic rings. The Morgan fingerprint density at radius 3 is 2.26 bits per heavy atom. The van der Waals surface area contributed by atoms with Crippen molar-refractivity contribution in [1.29, 1.82) is 0 Å². The molecule has 0 spiro atoms. The van der Waals surface area contributed by atoms with Gasteiger partial charge in [-0.15, -0.1) is 0 Å². The SMILES string of the molecule is O=C(CN1CCOCC1)Nc1ccc(NC(=O)c2ccc(Cn3cccn3)cc2)cc1. The Morgan fingerprint density at radius 2 is 1.61 bits per heavy atom. The molecule has 31 heavy (non-hydrogen) atoms. The fraction of sp³-hybridized carbons (Fsp3) is 0.261. The normalized spacial score (nSPS) is 14.2. The Kier molecular flexibility index (Phi) is 6.71. The number of carbonyl (C=O) groups is 2. The zero-order valence-corrected chi connectivity index (χ0v) is 17.2. The third-order valence-corrected chi connectivity index (χ3v) is 5.02. The molecule has 2 aromatic carbocycles. The van der Waals surface area contributed by atoms with Gasteiger partial charge >= 0.3 is 0 Å². The van der Waals surface area contributed by atoms with Crippen molar-refractivity contribution >= 4 is 23.2 Å². The molecular formula is C23H25N5O3. The summed E-state index contributed by atoms with van der Waals surface area (Å²) < 4.78 is 7.12. The standard InChI is InChI=1S/C23H25N5O3/c29-22(17-27-12-14-31-15-13-27)25-20-6-8-21(9-7-20)26-23(30)19-4-2-18(3-5-19)16-28-11-1-10-24-28/h1-11H,12-17H2,(H,25,29)(H,26,30). The molecule has 2 heterocycles. The summed E-state index contributed by atoms with van der Waals surface area (Å²) in [6, 6.07) is 16.4. The molecule has 0 radical (unpaired) electrons. The van der Waals surface area contributed by atoms with Crippen LogP contribution in [0.3, 0.4) is 0 Å². The van der Waals surface area contributed by atoms with E-state index < -0.39 is 0 Å². The lowest BCUT2D eigenvalue weighted by molar-refractivity contribution is -0.118. The highest BCUT2D eigenvalue weighted by molar-refractivity contribution is 6.04. The number of benzene rings is 2. The number of aromatic nitrogens is 2. The number of rotatable bonds is 7. The van der Waals surface area contributed by atoms with Gasteiger partial charge in [-0.2, -0.15) is 5.10 Å². The van der Waals surface area contributed by atoms with Gasteiger partial charge in [-0.1, -0.05) is 12.1 Å². The van der Waals surface area contributed by atoms with E-state index in [9.17, 15) is 9.59 Å². The maximum absolute atomic E-state index is 12.5. The summed E-state index contributed by atoms with van der Waals surface area (Å²) in [6.07, 6.45) is 3.64. The number of amides is 2. The second-order valence-electron chi connectivity index (χ2n) is 7.37. The van der Waals surface area contributed by atoms with Crippen LogP contribution in [-0.2, 0) is 16.1 Å². The Morgan fingerprint density at radius 1 is 0.935 bits per heavy atom. The first-order valence-corrected chi connectivity index (χ1v) is 10.2. The Balaban J connectivity index is 1.28. The highest BCUT2D eigenvalue weighted by Crippen LogP contribution is 2.15. The maximum atomic E-state index is 12.5. The second-order valence-corrected chi connectivity index (χ2v) is 7.37. The molecule has 8 nitrogen and oxygen atoms in total. The molecule has 0 atom stereocenters. The largest absolute Gasteiger partial charge is 0.379 e. The van der Waals surface area contributed by atoms with Crippen LogP contribution >= 0.6 is 0 Å². The molecule has 0 aliphatic carbocycles. The van der Waals surface area contributed by atoms with Crippen molar-refractivity contribution in [3.8, 4) is 0 Å². The minimum atomic E-state index is -0.185. The summed E-state index contributed by atoms with van der Waals surface area (Å²) in [7, 11) is 0. The van der Waals surface area contributed by atoms with Crippen LogP contribution in [0.5, 0.6) is 0 Å². The van der Waals surface area contributed by atoms with Crippen molar-refractivity contribution in [3.63, 3.8) is 0 Å². The van der Waals surface area contributed by atoms with Gasteiger partial charge in [-0.25, -0.2) is 0 Å². The van der Waals surface area contributed by atoms with Crippen molar-refractivity contribution < 1.29 is 14.3 Å². The number of carbonyl (C=O) groups excluding carboxylic acids is 2. The number of nitrogens with zero attached hydrogens (tertiary/aromatic N) is 3. The van der Waals surface area contributed by atoms with Gasteiger partial charge in [0.2, 0.25) is 5.91 Å². The summed E-state index contributed by atoms with van der Waals surface area (Å²) in [5.41, 5.74) is 3.00. The Bertz CT molecular complexity index is 995. The van der Waals surface area contributed by atoms with Gasteiger partial charge in [0, 0.05) is 42.4 Å². The van der Waals surface area contributed by atoms with Crippen molar-refractivity contribution in [1.82, 2.24) is 14.7 Å². The highest BCUT2D eigenvalue weighted by Gasteiger charge is 2.14. The number of morpholine rings is 1. The van der Waals surface area contributed by atoms with E-state index in [-0.39, 0.29) is 11.8 Å². The number of hydrogen-bond acceptors (Lipinski definition) is 5. The van der Waals surface area contributed by atoms with Crippen LogP contribution in [0.1, 0.15) is 15.9 Å². The van der Waals surface area contributed by atoms with E-state index in [1.165, 1.54) is 0 Å². The van der Waals surface area contributed by atoms with Crippen LogP contribution in [0.15, 0.2) is 67.0 Å². The van der Waals surface area contributed by atoms with E-state index in [0.29, 0.717) is 43.2 Å². The topological polar surface area (TPSA) is 88.5 Å². The second kappa shape index (κ2) is 10.0. The van der Waals surface area contributed by atoms with E-state index in [0.717, 1.165) is 18.7 Å². The highest BCUT2D eigenvalue weighted by atomic mass is 16.5. The van der Waals surface area contributed by atoms with Crippen LogP contribution in [0, 0.1) is 0 Å². The lowest BCUT2D eigenvalue weighted by Crippen LogP contribution is -2.41. The predicted molar refractivity (Wildman–Crippen MR) is 118 cm³/mol. The molecule has 8 heteroatoms. The van der Waals surface area contributed by atoms with E-state index in [2.05, 4.69) is 20.6 Å². The Hall–Kier alpha value is -3.49. The molecular weight excluding hydrogens is 394 g/mol. The minimum absolute atomic E-state index is 0.0612. The van der Waals surface area contributed by atoms with Gasteiger partial charge in [0.05, 0.1) is 26.3 Å². The fourth-order valence-electron chi connectivity index (χ4n) is 3.35. The van der Waals surface area contributed by atoms with Crippen LogP contribution < -0.4 is 10.6 Å². The van der Waals surface area contributed by atoms with Gasteiger partial charge in [0.15, 0.2) is 0 Å². The molecule has 3 aromatic rings. The molecule has 0 unspecified atom stereocenters. The third kappa shape index (κ3) is 6.00. The number of anilines is 2. The molecule has 1 saturated heterocycles. The minimum Gasteiger partial charge on any atom is -0.379 e. The molecule has 1 aliphatic heterocycles. The number of hydrogen-bond donors (Lipinski definition) is 2. The number of nitrogens with one attached hydrogen (secondary N) is 2. The van der Waals surface area contributed by atoms with Crippen LogP contribution in [0.4, 0.5) is 11.4 Å². The van der Waals surface area contributed by atoms with Gasteiger partial charge in [0.25, 0.3) is 5.91 Å². The van der Waals surface area contributed by atoms with Crippen molar-refractivity contribution in [3.05, 3.63) is 78.1 Å². The van der Waals surface area contributed by atoms with E-state index in [1.807, 2.05) is 29.1 Å². The zero-order valence-electron chi connectivity index (χ0n) is 17.2. The summed E-state index contributed by atoms with van der Waals surface area (Å²) in [4.78, 5) is 26.8. The van der Waals surface area contributed by atoms with Crippen LogP contribution in [-0.4, -0.2) is 59.3 Å². The average Bonchev–Trinajstić information content (AvgIpc) is 3.29. The van der Waals surface area contributed by atoms with Crippen LogP contribution in [0.2, 0.25) is 0 Å². The first kappa shape index (κ1) is 20.8. The summed E-state index contributed by atoms with van der Waals surface area (Å²) in [5, 5.41) is 9.95. The molecule has 2 N–H and O–H groups in total. The van der Waals surface area contributed by atoms with Crippen molar-refractivity contribution in [2.75, 3.05) is 43.5 Å². The molecule has 160 valence electrons. The van der Waals surface area contributed by atoms with Crippen molar-refractivity contribution in [2.24, 2.45) is 0 Å². The van der Waals surface area contributed by atoms with Gasteiger partial charge < -0.3 is 15.4 Å².